The van der Waals surface area contributed by atoms with Gasteiger partial charge in [-0.15, -0.1) is 0 Å². The molecule has 1 saturated heterocycles. The number of rotatable bonds is 3. The zero-order valence-corrected chi connectivity index (χ0v) is 13.5. The van der Waals surface area contributed by atoms with Crippen LogP contribution >= 0.6 is 12.2 Å². The van der Waals surface area contributed by atoms with E-state index in [0.29, 0.717) is 28.8 Å². The number of amides is 1. The number of H-pyrrole nitrogens is 1. The van der Waals surface area contributed by atoms with Crippen molar-refractivity contribution in [3.8, 4) is 0 Å². The summed E-state index contributed by atoms with van der Waals surface area (Å²) in [5.41, 5.74) is 1.42. The zero-order valence-electron chi connectivity index (χ0n) is 12.7. The van der Waals surface area contributed by atoms with Crippen molar-refractivity contribution in [3.63, 3.8) is 0 Å². The Labute approximate surface area is 142 Å². The fraction of sp³-hybridized carbons (Fsp3) is 0.250. The topological polar surface area (TPSA) is 87.0 Å². The standard InChI is InChI=1S/C16H15N5O2S/c22-11-7-20(8-11)15(23)13(10-4-2-1-3-5-10)21-9-17-14-12(16(21)24)6-18-19-14/h1-6,9,11,13,22H,7-8H2,(H,18,19). The minimum absolute atomic E-state index is 0.104. The van der Waals surface area contributed by atoms with Crippen molar-refractivity contribution in [2.45, 2.75) is 12.1 Å². The van der Waals surface area contributed by atoms with Crippen molar-refractivity contribution in [2.24, 2.45) is 0 Å². The van der Waals surface area contributed by atoms with Crippen LogP contribution in [-0.4, -0.2) is 54.9 Å². The third-order valence-corrected chi connectivity index (χ3v) is 4.63. The molecule has 1 aromatic carbocycles. The van der Waals surface area contributed by atoms with E-state index in [1.165, 1.54) is 0 Å². The van der Waals surface area contributed by atoms with Crippen LogP contribution in [0.25, 0.3) is 11.0 Å². The van der Waals surface area contributed by atoms with Crippen molar-refractivity contribution >= 4 is 29.2 Å². The van der Waals surface area contributed by atoms with Crippen LogP contribution in [0.1, 0.15) is 11.6 Å². The summed E-state index contributed by atoms with van der Waals surface area (Å²) in [4.78, 5) is 18.9. The monoisotopic (exact) mass is 341 g/mol. The molecule has 2 aromatic heterocycles. The van der Waals surface area contributed by atoms with Crippen molar-refractivity contribution in [2.75, 3.05) is 13.1 Å². The van der Waals surface area contributed by atoms with E-state index in [4.69, 9.17) is 12.2 Å². The zero-order chi connectivity index (χ0) is 16.7. The Morgan fingerprint density at radius 1 is 1.33 bits per heavy atom. The predicted octanol–water partition coefficient (Wildman–Crippen LogP) is 1.28. The van der Waals surface area contributed by atoms with E-state index >= 15 is 0 Å². The van der Waals surface area contributed by atoms with Crippen molar-refractivity contribution in [1.29, 1.82) is 0 Å². The normalized spacial score (nSPS) is 16.1. The van der Waals surface area contributed by atoms with Crippen molar-refractivity contribution in [3.05, 3.63) is 53.1 Å². The first-order chi connectivity index (χ1) is 11.6. The van der Waals surface area contributed by atoms with Crippen LogP contribution < -0.4 is 0 Å². The highest BCUT2D eigenvalue weighted by molar-refractivity contribution is 7.71. The average molecular weight is 341 g/mol. The number of nitrogens with one attached hydrogen (secondary N) is 1. The SMILES string of the molecule is O=C(C(c1ccccc1)n1cnc2[nH]ncc2c1=S)N1CC(O)C1. The van der Waals surface area contributed by atoms with Gasteiger partial charge in [-0.2, -0.15) is 5.10 Å². The van der Waals surface area contributed by atoms with E-state index in [0.717, 1.165) is 5.56 Å². The molecule has 3 aromatic rings. The first-order valence-electron chi connectivity index (χ1n) is 7.57. The van der Waals surface area contributed by atoms with E-state index in [2.05, 4.69) is 15.2 Å². The summed E-state index contributed by atoms with van der Waals surface area (Å²) in [6.45, 7) is 0.688. The lowest BCUT2D eigenvalue weighted by atomic mass is 10.0. The Kier molecular flexibility index (Phi) is 3.62. The summed E-state index contributed by atoms with van der Waals surface area (Å²) in [7, 11) is 0. The number of carbonyl (C=O) groups is 1. The molecule has 0 radical (unpaired) electrons. The molecule has 24 heavy (non-hydrogen) atoms. The van der Waals surface area contributed by atoms with E-state index in [-0.39, 0.29) is 5.91 Å². The molecular weight excluding hydrogens is 326 g/mol. The van der Waals surface area contributed by atoms with Crippen LogP contribution in [0.5, 0.6) is 0 Å². The van der Waals surface area contributed by atoms with E-state index in [1.807, 2.05) is 30.3 Å². The van der Waals surface area contributed by atoms with Crippen molar-refractivity contribution < 1.29 is 9.90 Å². The largest absolute Gasteiger partial charge is 0.389 e. The molecule has 0 spiro atoms. The number of aliphatic hydroxyl groups is 1. The van der Waals surface area contributed by atoms with E-state index < -0.39 is 12.1 Å². The molecule has 0 bridgehead atoms. The van der Waals surface area contributed by atoms with Gasteiger partial charge in [-0.3, -0.25) is 9.89 Å². The number of nitrogens with zero attached hydrogens (tertiary/aromatic N) is 4. The number of aromatic amines is 1. The van der Waals surface area contributed by atoms with Gasteiger partial charge in [0.1, 0.15) is 10.7 Å². The van der Waals surface area contributed by atoms with Crippen LogP contribution in [0, 0.1) is 4.64 Å². The van der Waals surface area contributed by atoms with Crippen LogP contribution in [0.15, 0.2) is 42.9 Å². The summed E-state index contributed by atoms with van der Waals surface area (Å²) in [5, 5.41) is 16.9. The Morgan fingerprint density at radius 2 is 2.08 bits per heavy atom. The van der Waals surface area contributed by atoms with Gasteiger partial charge in [-0.1, -0.05) is 42.5 Å². The number of carbonyl (C=O) groups excluding carboxylic acids is 1. The Balaban J connectivity index is 1.84. The minimum atomic E-state index is -0.613. The Hall–Kier alpha value is -2.58. The minimum Gasteiger partial charge on any atom is -0.389 e. The molecule has 3 heterocycles. The first-order valence-corrected chi connectivity index (χ1v) is 7.98. The van der Waals surface area contributed by atoms with Gasteiger partial charge < -0.3 is 14.6 Å². The molecule has 0 saturated carbocycles. The van der Waals surface area contributed by atoms with Gasteiger partial charge in [0.05, 0.1) is 24.0 Å². The molecule has 0 aliphatic carbocycles. The number of aromatic nitrogens is 4. The molecule has 8 heteroatoms. The third kappa shape index (κ3) is 2.40. The molecular formula is C16H15N5O2S. The molecule has 7 nitrogen and oxygen atoms in total. The quantitative estimate of drug-likeness (QED) is 0.701. The molecule has 4 rings (SSSR count). The lowest BCUT2D eigenvalue weighted by Gasteiger charge is -2.38. The predicted molar refractivity (Wildman–Crippen MR) is 89.9 cm³/mol. The fourth-order valence-corrected chi connectivity index (χ4v) is 3.20. The highest BCUT2D eigenvalue weighted by atomic mass is 32.1. The number of likely N-dealkylation sites (tertiary alicyclic amines) is 1. The molecule has 2 N–H and O–H groups in total. The second kappa shape index (κ2) is 5.81. The second-order valence-corrected chi connectivity index (χ2v) is 6.19. The van der Waals surface area contributed by atoms with E-state index in [1.54, 1.807) is 22.0 Å². The molecule has 1 atom stereocenters. The third-order valence-electron chi connectivity index (χ3n) is 4.20. The number of hydrogen-bond donors (Lipinski definition) is 2. The summed E-state index contributed by atoms with van der Waals surface area (Å²) in [6, 6.07) is 8.83. The summed E-state index contributed by atoms with van der Waals surface area (Å²) < 4.78 is 2.19. The summed E-state index contributed by atoms with van der Waals surface area (Å²) in [5.74, 6) is -0.104. The van der Waals surface area contributed by atoms with Gasteiger partial charge in [0.2, 0.25) is 0 Å². The maximum Gasteiger partial charge on any atom is 0.250 e. The maximum absolute atomic E-state index is 13.0. The highest BCUT2D eigenvalue weighted by Gasteiger charge is 2.35. The molecule has 1 aliphatic heterocycles. The fourth-order valence-electron chi connectivity index (χ4n) is 2.90. The maximum atomic E-state index is 13.0. The smallest absolute Gasteiger partial charge is 0.250 e. The van der Waals surface area contributed by atoms with E-state index in [9.17, 15) is 9.90 Å². The van der Waals surface area contributed by atoms with Crippen LogP contribution in [0.3, 0.4) is 0 Å². The Bertz CT molecular complexity index is 946. The molecule has 1 unspecified atom stereocenters. The first kappa shape index (κ1) is 15.0. The molecule has 122 valence electrons. The lowest BCUT2D eigenvalue weighted by Crippen LogP contribution is -2.55. The van der Waals surface area contributed by atoms with Gasteiger partial charge in [0.25, 0.3) is 5.91 Å². The van der Waals surface area contributed by atoms with Crippen molar-refractivity contribution in [1.82, 2.24) is 24.6 Å². The average Bonchev–Trinajstić information content (AvgIpc) is 3.05. The number of fused-ring (bicyclic) bond motifs is 1. The lowest BCUT2D eigenvalue weighted by molar-refractivity contribution is -0.143. The van der Waals surface area contributed by atoms with Gasteiger partial charge in [-0.05, 0) is 5.56 Å². The number of hydrogen-bond acceptors (Lipinski definition) is 5. The van der Waals surface area contributed by atoms with Crippen LogP contribution in [-0.2, 0) is 4.79 Å². The van der Waals surface area contributed by atoms with Crippen LogP contribution in [0.2, 0.25) is 0 Å². The second-order valence-electron chi connectivity index (χ2n) is 5.80. The molecule has 1 aliphatic rings. The molecule has 1 amide bonds. The number of benzene rings is 1. The summed E-state index contributed by atoms with van der Waals surface area (Å²) >= 11 is 5.55. The number of β-amino-alcohol motifs (C(OH)–C–C–N with tert-alkyl or cyclic N) is 1. The highest BCUT2D eigenvalue weighted by Crippen LogP contribution is 2.25. The summed E-state index contributed by atoms with van der Waals surface area (Å²) in [6.07, 6.45) is 2.73. The number of aliphatic hydroxyl groups excluding tert-OH is 1. The van der Waals surface area contributed by atoms with Gasteiger partial charge in [0.15, 0.2) is 5.65 Å². The molecule has 1 fully saturated rings. The van der Waals surface area contributed by atoms with Gasteiger partial charge in [0, 0.05) is 13.1 Å². The Morgan fingerprint density at radius 3 is 2.79 bits per heavy atom. The van der Waals surface area contributed by atoms with Gasteiger partial charge >= 0.3 is 0 Å². The van der Waals surface area contributed by atoms with Gasteiger partial charge in [-0.25, -0.2) is 4.98 Å². The van der Waals surface area contributed by atoms with Crippen LogP contribution in [0.4, 0.5) is 0 Å².